The summed E-state index contributed by atoms with van der Waals surface area (Å²) in [7, 11) is 4.88. The number of nitrogens with one attached hydrogen (secondary N) is 1. The maximum atomic E-state index is 12.3. The minimum atomic E-state index is -0.603. The minimum absolute atomic E-state index is 0.0532. The summed E-state index contributed by atoms with van der Waals surface area (Å²) >= 11 is 0. The first-order valence-electron chi connectivity index (χ1n) is 8.24. The third-order valence-corrected chi connectivity index (χ3v) is 4.29. The number of ether oxygens (including phenoxy) is 1. The summed E-state index contributed by atoms with van der Waals surface area (Å²) in [6, 6.07) is 6.88. The number of likely N-dealkylation sites (N-methyl/N-ethyl adjacent to an activating group) is 1. The highest BCUT2D eigenvalue weighted by Gasteiger charge is 2.35. The Hall–Kier alpha value is -2.57. The van der Waals surface area contributed by atoms with Crippen molar-refractivity contribution in [2.75, 3.05) is 27.7 Å². The maximum Gasteiger partial charge on any atom is 0.244 e. The van der Waals surface area contributed by atoms with Gasteiger partial charge >= 0.3 is 0 Å². The SMILES string of the molecule is COc1ccc(CN2C[C@@H](C(=O)N[C@H](C)C(=O)N(C)C)CC2=O)cc1. The van der Waals surface area contributed by atoms with Gasteiger partial charge in [0, 0.05) is 33.6 Å². The lowest BCUT2D eigenvalue weighted by atomic mass is 10.1. The molecule has 1 aromatic rings. The molecule has 0 saturated carbocycles. The highest BCUT2D eigenvalue weighted by molar-refractivity contribution is 5.92. The van der Waals surface area contributed by atoms with Crippen LogP contribution in [0.5, 0.6) is 5.75 Å². The monoisotopic (exact) mass is 347 g/mol. The van der Waals surface area contributed by atoms with Crippen molar-refractivity contribution in [3.8, 4) is 5.75 Å². The zero-order valence-electron chi connectivity index (χ0n) is 15.1. The van der Waals surface area contributed by atoms with Crippen LogP contribution in [0.1, 0.15) is 18.9 Å². The first kappa shape index (κ1) is 18.8. The molecule has 25 heavy (non-hydrogen) atoms. The zero-order chi connectivity index (χ0) is 18.6. The average Bonchev–Trinajstić information content (AvgIpc) is 2.95. The predicted octanol–water partition coefficient (Wildman–Crippen LogP) is 0.637. The standard InChI is InChI=1S/C18H25N3O4/c1-12(18(24)20(2)3)19-17(23)14-9-16(22)21(11-14)10-13-5-7-15(25-4)8-6-13/h5-8,12,14H,9-11H2,1-4H3,(H,19,23)/t12-,14+/m1/s1. The Morgan fingerprint density at radius 1 is 1.32 bits per heavy atom. The number of hydrogen-bond donors (Lipinski definition) is 1. The van der Waals surface area contributed by atoms with E-state index in [1.165, 1.54) is 4.90 Å². The van der Waals surface area contributed by atoms with E-state index < -0.39 is 12.0 Å². The van der Waals surface area contributed by atoms with E-state index in [1.54, 1.807) is 33.0 Å². The summed E-state index contributed by atoms with van der Waals surface area (Å²) in [6.45, 7) is 2.46. The molecular weight excluding hydrogens is 322 g/mol. The molecule has 7 heteroatoms. The second-order valence-corrected chi connectivity index (χ2v) is 6.49. The van der Waals surface area contributed by atoms with Crippen LogP contribution in [0.2, 0.25) is 0 Å². The minimum Gasteiger partial charge on any atom is -0.497 e. The Bertz CT molecular complexity index is 642. The number of carbonyl (C=O) groups is 3. The average molecular weight is 347 g/mol. The Kier molecular flexibility index (Phi) is 6.01. The van der Waals surface area contributed by atoms with Crippen molar-refractivity contribution in [1.82, 2.24) is 15.1 Å². The molecule has 1 aliphatic heterocycles. The molecule has 136 valence electrons. The third kappa shape index (κ3) is 4.71. The number of likely N-dealkylation sites (tertiary alicyclic amines) is 1. The van der Waals surface area contributed by atoms with Gasteiger partial charge in [0.1, 0.15) is 11.8 Å². The predicted molar refractivity (Wildman–Crippen MR) is 92.8 cm³/mol. The molecule has 3 amide bonds. The Labute approximate surface area is 147 Å². The second-order valence-electron chi connectivity index (χ2n) is 6.49. The summed E-state index contributed by atoms with van der Waals surface area (Å²) in [5, 5.41) is 2.70. The van der Waals surface area contributed by atoms with E-state index in [0.29, 0.717) is 13.1 Å². The Morgan fingerprint density at radius 2 is 1.96 bits per heavy atom. The van der Waals surface area contributed by atoms with Crippen molar-refractivity contribution in [1.29, 1.82) is 0 Å². The molecule has 2 atom stereocenters. The van der Waals surface area contributed by atoms with E-state index in [2.05, 4.69) is 5.32 Å². The molecule has 0 radical (unpaired) electrons. The van der Waals surface area contributed by atoms with Crippen LogP contribution in [0.3, 0.4) is 0 Å². The lowest BCUT2D eigenvalue weighted by Gasteiger charge is -2.20. The largest absolute Gasteiger partial charge is 0.497 e. The molecule has 1 aliphatic rings. The molecule has 0 unspecified atom stereocenters. The Morgan fingerprint density at radius 3 is 2.52 bits per heavy atom. The van der Waals surface area contributed by atoms with E-state index in [1.807, 2.05) is 24.3 Å². The van der Waals surface area contributed by atoms with Crippen molar-refractivity contribution in [2.45, 2.75) is 25.9 Å². The molecule has 0 aliphatic carbocycles. The van der Waals surface area contributed by atoms with E-state index >= 15 is 0 Å². The second kappa shape index (κ2) is 8.00. The number of carbonyl (C=O) groups excluding carboxylic acids is 3. The van der Waals surface area contributed by atoms with Gasteiger partial charge in [-0.3, -0.25) is 14.4 Å². The smallest absolute Gasteiger partial charge is 0.244 e. The van der Waals surface area contributed by atoms with Crippen LogP contribution >= 0.6 is 0 Å². The lowest BCUT2D eigenvalue weighted by Crippen LogP contribution is -2.46. The van der Waals surface area contributed by atoms with Crippen LogP contribution in [0.4, 0.5) is 0 Å². The molecule has 1 aromatic carbocycles. The molecule has 7 nitrogen and oxygen atoms in total. The van der Waals surface area contributed by atoms with Gasteiger partial charge in [-0.05, 0) is 24.6 Å². The van der Waals surface area contributed by atoms with Crippen LogP contribution in [0.15, 0.2) is 24.3 Å². The molecule has 1 saturated heterocycles. The highest BCUT2D eigenvalue weighted by atomic mass is 16.5. The van der Waals surface area contributed by atoms with E-state index in [-0.39, 0.29) is 24.1 Å². The van der Waals surface area contributed by atoms with Gasteiger partial charge in [0.15, 0.2) is 0 Å². The fraction of sp³-hybridized carbons (Fsp3) is 0.500. The van der Waals surface area contributed by atoms with E-state index in [4.69, 9.17) is 4.74 Å². The first-order valence-corrected chi connectivity index (χ1v) is 8.24. The van der Waals surface area contributed by atoms with Crippen molar-refractivity contribution in [3.05, 3.63) is 29.8 Å². The van der Waals surface area contributed by atoms with E-state index in [9.17, 15) is 14.4 Å². The van der Waals surface area contributed by atoms with Crippen molar-refractivity contribution >= 4 is 17.7 Å². The number of hydrogen-bond acceptors (Lipinski definition) is 4. The number of benzene rings is 1. The third-order valence-electron chi connectivity index (χ3n) is 4.29. The quantitative estimate of drug-likeness (QED) is 0.819. The van der Waals surface area contributed by atoms with Crippen LogP contribution in [-0.2, 0) is 20.9 Å². The Balaban J connectivity index is 1.92. The molecular formula is C18H25N3O4. The molecule has 0 aromatic heterocycles. The van der Waals surface area contributed by atoms with Gasteiger partial charge in [0.25, 0.3) is 0 Å². The van der Waals surface area contributed by atoms with Crippen molar-refractivity contribution in [2.24, 2.45) is 5.92 Å². The topological polar surface area (TPSA) is 79.0 Å². The van der Waals surface area contributed by atoms with Crippen molar-refractivity contribution in [3.63, 3.8) is 0 Å². The lowest BCUT2D eigenvalue weighted by molar-refractivity contribution is -0.135. The molecule has 0 spiro atoms. The summed E-state index contributed by atoms with van der Waals surface area (Å²) in [5.74, 6) is -0.153. The molecule has 0 bridgehead atoms. The van der Waals surface area contributed by atoms with Crippen LogP contribution in [0, 0.1) is 5.92 Å². The van der Waals surface area contributed by atoms with Gasteiger partial charge in [-0.25, -0.2) is 0 Å². The van der Waals surface area contributed by atoms with Gasteiger partial charge in [0.2, 0.25) is 17.7 Å². The number of methoxy groups -OCH3 is 1. The molecule has 1 fully saturated rings. The first-order chi connectivity index (χ1) is 11.8. The summed E-state index contributed by atoms with van der Waals surface area (Å²) in [5.41, 5.74) is 0.978. The molecule has 2 rings (SSSR count). The summed E-state index contributed by atoms with van der Waals surface area (Å²) in [4.78, 5) is 39.5. The van der Waals surface area contributed by atoms with Crippen LogP contribution in [-0.4, -0.2) is 61.3 Å². The summed E-state index contributed by atoms with van der Waals surface area (Å²) < 4.78 is 5.12. The fourth-order valence-electron chi connectivity index (χ4n) is 2.83. The van der Waals surface area contributed by atoms with Gasteiger partial charge in [-0.1, -0.05) is 12.1 Å². The van der Waals surface area contributed by atoms with Gasteiger partial charge in [-0.2, -0.15) is 0 Å². The van der Waals surface area contributed by atoms with E-state index in [0.717, 1.165) is 11.3 Å². The van der Waals surface area contributed by atoms with Crippen LogP contribution < -0.4 is 10.1 Å². The summed E-state index contributed by atoms with van der Waals surface area (Å²) in [6.07, 6.45) is 0.171. The maximum absolute atomic E-state index is 12.3. The number of nitrogens with zero attached hydrogens (tertiary/aromatic N) is 2. The zero-order valence-corrected chi connectivity index (χ0v) is 15.1. The van der Waals surface area contributed by atoms with Crippen molar-refractivity contribution < 1.29 is 19.1 Å². The van der Waals surface area contributed by atoms with Crippen LogP contribution in [0.25, 0.3) is 0 Å². The van der Waals surface area contributed by atoms with Gasteiger partial charge in [0.05, 0.1) is 13.0 Å². The number of rotatable bonds is 6. The van der Waals surface area contributed by atoms with Gasteiger partial charge in [-0.15, -0.1) is 0 Å². The normalized spacial score (nSPS) is 18.0. The number of amides is 3. The molecule has 1 heterocycles. The van der Waals surface area contributed by atoms with Gasteiger partial charge < -0.3 is 19.9 Å². The molecule has 1 N–H and O–H groups in total. The fourth-order valence-corrected chi connectivity index (χ4v) is 2.83. The highest BCUT2D eigenvalue weighted by Crippen LogP contribution is 2.21.